The first-order valence-electron chi connectivity index (χ1n) is 5.90. The SMILES string of the molecule is Nc1cc(F)c(Sc2ncnc3c2CCC3)c(F)c1. The molecule has 0 amide bonds. The molecule has 0 aliphatic heterocycles. The van der Waals surface area contributed by atoms with Crippen LogP contribution in [0.4, 0.5) is 14.5 Å². The molecule has 3 nitrogen and oxygen atoms in total. The maximum Gasteiger partial charge on any atom is 0.142 e. The molecule has 1 aromatic heterocycles. The van der Waals surface area contributed by atoms with Crippen molar-refractivity contribution in [1.29, 1.82) is 0 Å². The zero-order chi connectivity index (χ0) is 13.4. The van der Waals surface area contributed by atoms with E-state index >= 15 is 0 Å². The predicted molar refractivity (Wildman–Crippen MR) is 69.0 cm³/mol. The maximum atomic E-state index is 13.8. The number of fused-ring (bicyclic) bond motifs is 1. The Hall–Kier alpha value is -1.69. The maximum absolute atomic E-state index is 13.8. The fourth-order valence-corrected chi connectivity index (χ4v) is 3.14. The number of aromatic nitrogens is 2. The van der Waals surface area contributed by atoms with Gasteiger partial charge in [-0.1, -0.05) is 11.8 Å². The van der Waals surface area contributed by atoms with E-state index < -0.39 is 11.6 Å². The molecule has 0 bridgehead atoms. The van der Waals surface area contributed by atoms with Gasteiger partial charge in [0, 0.05) is 16.9 Å². The molecule has 2 aromatic rings. The normalized spacial score (nSPS) is 13.6. The van der Waals surface area contributed by atoms with E-state index in [1.54, 1.807) is 0 Å². The third kappa shape index (κ3) is 2.28. The summed E-state index contributed by atoms with van der Waals surface area (Å²) in [6.07, 6.45) is 4.21. The molecule has 98 valence electrons. The van der Waals surface area contributed by atoms with Crippen LogP contribution in [0.15, 0.2) is 28.4 Å². The van der Waals surface area contributed by atoms with Gasteiger partial charge >= 0.3 is 0 Å². The van der Waals surface area contributed by atoms with Gasteiger partial charge < -0.3 is 5.73 Å². The van der Waals surface area contributed by atoms with Crippen molar-refractivity contribution in [2.45, 2.75) is 29.2 Å². The highest BCUT2D eigenvalue weighted by atomic mass is 32.2. The van der Waals surface area contributed by atoms with Gasteiger partial charge in [0.15, 0.2) is 0 Å². The average Bonchev–Trinajstić information content (AvgIpc) is 2.82. The van der Waals surface area contributed by atoms with Crippen molar-refractivity contribution in [3.05, 3.63) is 41.4 Å². The quantitative estimate of drug-likeness (QED) is 0.678. The lowest BCUT2D eigenvalue weighted by molar-refractivity contribution is 0.541. The van der Waals surface area contributed by atoms with Crippen molar-refractivity contribution in [3.8, 4) is 0 Å². The van der Waals surface area contributed by atoms with E-state index in [0.29, 0.717) is 5.03 Å². The lowest BCUT2D eigenvalue weighted by Crippen LogP contribution is -1.97. The van der Waals surface area contributed by atoms with Crippen LogP contribution >= 0.6 is 11.8 Å². The highest BCUT2D eigenvalue weighted by Gasteiger charge is 2.20. The summed E-state index contributed by atoms with van der Waals surface area (Å²) in [4.78, 5) is 8.26. The van der Waals surface area contributed by atoms with Crippen LogP contribution in [0.5, 0.6) is 0 Å². The van der Waals surface area contributed by atoms with E-state index in [1.807, 2.05) is 0 Å². The lowest BCUT2D eigenvalue weighted by atomic mass is 10.3. The van der Waals surface area contributed by atoms with Gasteiger partial charge in [0.25, 0.3) is 0 Å². The first kappa shape index (κ1) is 12.3. The zero-order valence-corrected chi connectivity index (χ0v) is 10.8. The summed E-state index contributed by atoms with van der Waals surface area (Å²) in [6, 6.07) is 2.24. The summed E-state index contributed by atoms with van der Waals surface area (Å²) < 4.78 is 27.5. The third-order valence-electron chi connectivity index (χ3n) is 3.05. The van der Waals surface area contributed by atoms with Gasteiger partial charge in [-0.2, -0.15) is 0 Å². The summed E-state index contributed by atoms with van der Waals surface area (Å²) in [5.41, 5.74) is 7.46. The second-order valence-corrected chi connectivity index (χ2v) is 5.37. The van der Waals surface area contributed by atoms with E-state index in [4.69, 9.17) is 5.73 Å². The van der Waals surface area contributed by atoms with Crippen LogP contribution in [0.2, 0.25) is 0 Å². The molecule has 2 N–H and O–H groups in total. The first-order chi connectivity index (χ1) is 9.15. The number of halogens is 2. The summed E-state index contributed by atoms with van der Waals surface area (Å²) in [7, 11) is 0. The van der Waals surface area contributed by atoms with Crippen molar-refractivity contribution >= 4 is 17.4 Å². The van der Waals surface area contributed by atoms with Crippen LogP contribution in [-0.2, 0) is 12.8 Å². The molecular weight excluding hydrogens is 268 g/mol. The van der Waals surface area contributed by atoms with Crippen molar-refractivity contribution in [2.24, 2.45) is 0 Å². The fourth-order valence-electron chi connectivity index (χ4n) is 2.19. The summed E-state index contributed by atoms with van der Waals surface area (Å²) in [5, 5.41) is 0.630. The van der Waals surface area contributed by atoms with Crippen LogP contribution < -0.4 is 5.73 Å². The molecule has 0 saturated heterocycles. The molecule has 1 heterocycles. The Kier molecular flexibility index (Phi) is 3.10. The van der Waals surface area contributed by atoms with Crippen LogP contribution in [0.1, 0.15) is 17.7 Å². The van der Waals surface area contributed by atoms with Crippen molar-refractivity contribution in [3.63, 3.8) is 0 Å². The van der Waals surface area contributed by atoms with Gasteiger partial charge in [0.1, 0.15) is 23.0 Å². The van der Waals surface area contributed by atoms with Gasteiger partial charge in [0.2, 0.25) is 0 Å². The summed E-state index contributed by atoms with van der Waals surface area (Å²) >= 11 is 0.998. The molecule has 6 heteroatoms. The number of nitrogens with two attached hydrogens (primary N) is 1. The Morgan fingerprint density at radius 3 is 2.58 bits per heavy atom. The van der Waals surface area contributed by atoms with Gasteiger partial charge in [-0.25, -0.2) is 18.7 Å². The Morgan fingerprint density at radius 2 is 1.84 bits per heavy atom. The standard InChI is InChI=1S/C13H11F2N3S/c14-9-4-7(16)5-10(15)12(9)19-13-8-2-1-3-11(8)17-6-18-13/h4-6H,1-3,16H2. The molecule has 1 aliphatic rings. The van der Waals surface area contributed by atoms with E-state index in [1.165, 1.54) is 6.33 Å². The number of anilines is 1. The molecule has 1 aromatic carbocycles. The molecular formula is C13H11F2N3S. The van der Waals surface area contributed by atoms with Crippen molar-refractivity contribution < 1.29 is 8.78 Å². The summed E-state index contributed by atoms with van der Waals surface area (Å²) in [5.74, 6) is -1.32. The molecule has 0 unspecified atom stereocenters. The largest absolute Gasteiger partial charge is 0.399 e. The number of nitrogens with zero attached hydrogens (tertiary/aromatic N) is 2. The van der Waals surface area contributed by atoms with E-state index in [9.17, 15) is 8.78 Å². The minimum absolute atomic E-state index is 0.0676. The van der Waals surface area contributed by atoms with Crippen LogP contribution in [0, 0.1) is 11.6 Å². The van der Waals surface area contributed by atoms with E-state index in [2.05, 4.69) is 9.97 Å². The Labute approximate surface area is 113 Å². The van der Waals surface area contributed by atoms with Gasteiger partial charge in [0.05, 0.1) is 4.90 Å². The molecule has 0 atom stereocenters. The average molecular weight is 279 g/mol. The second-order valence-electron chi connectivity index (χ2n) is 4.37. The predicted octanol–water partition coefficient (Wildman–Crippen LogP) is 2.98. The zero-order valence-electron chi connectivity index (χ0n) is 9.99. The second kappa shape index (κ2) is 4.77. The molecule has 1 aliphatic carbocycles. The highest BCUT2D eigenvalue weighted by molar-refractivity contribution is 7.99. The number of benzene rings is 1. The minimum Gasteiger partial charge on any atom is -0.399 e. The minimum atomic E-state index is -0.659. The Bertz CT molecular complexity index is 623. The smallest absolute Gasteiger partial charge is 0.142 e. The summed E-state index contributed by atoms with van der Waals surface area (Å²) in [6.45, 7) is 0. The molecule has 3 rings (SSSR count). The molecule has 19 heavy (non-hydrogen) atoms. The van der Waals surface area contributed by atoms with E-state index in [0.717, 1.165) is 54.4 Å². The van der Waals surface area contributed by atoms with Gasteiger partial charge in [-0.3, -0.25) is 0 Å². The molecule has 0 spiro atoms. The van der Waals surface area contributed by atoms with Gasteiger partial charge in [-0.15, -0.1) is 0 Å². The number of aryl methyl sites for hydroxylation is 1. The number of hydrogen-bond acceptors (Lipinski definition) is 4. The molecule has 0 saturated carbocycles. The van der Waals surface area contributed by atoms with Gasteiger partial charge in [-0.05, 0) is 31.4 Å². The highest BCUT2D eigenvalue weighted by Crippen LogP contribution is 2.36. The molecule has 0 radical (unpaired) electrons. The Balaban J connectivity index is 2.01. The number of nitrogen functional groups attached to an aromatic ring is 1. The lowest BCUT2D eigenvalue weighted by Gasteiger charge is -2.08. The van der Waals surface area contributed by atoms with Crippen molar-refractivity contribution in [1.82, 2.24) is 9.97 Å². The van der Waals surface area contributed by atoms with E-state index in [-0.39, 0.29) is 10.6 Å². The van der Waals surface area contributed by atoms with Crippen LogP contribution in [0.3, 0.4) is 0 Å². The van der Waals surface area contributed by atoms with Crippen LogP contribution in [0.25, 0.3) is 0 Å². The molecule has 0 fully saturated rings. The number of rotatable bonds is 2. The first-order valence-corrected chi connectivity index (χ1v) is 6.72. The van der Waals surface area contributed by atoms with Crippen LogP contribution in [-0.4, -0.2) is 9.97 Å². The van der Waals surface area contributed by atoms with Crippen molar-refractivity contribution in [2.75, 3.05) is 5.73 Å². The topological polar surface area (TPSA) is 51.8 Å². The Morgan fingerprint density at radius 1 is 1.11 bits per heavy atom. The number of hydrogen-bond donors (Lipinski definition) is 1. The third-order valence-corrected chi connectivity index (χ3v) is 4.19. The fraction of sp³-hybridized carbons (Fsp3) is 0.231. The monoisotopic (exact) mass is 279 g/mol.